The van der Waals surface area contributed by atoms with Crippen LogP contribution in [0.5, 0.6) is 0 Å². The van der Waals surface area contributed by atoms with Crippen LogP contribution in [0.15, 0.2) is 29.8 Å². The molecule has 100 valence electrons. The molecular formula is C15H15ClO3. The van der Waals surface area contributed by atoms with E-state index < -0.39 is 11.4 Å². The summed E-state index contributed by atoms with van der Waals surface area (Å²) >= 11 is 5.81. The van der Waals surface area contributed by atoms with Crippen molar-refractivity contribution in [3.63, 3.8) is 0 Å². The third-order valence-corrected chi connectivity index (χ3v) is 3.79. The average Bonchev–Trinajstić information content (AvgIpc) is 2.70. The number of ether oxygens (including phenoxy) is 1. The van der Waals surface area contributed by atoms with Gasteiger partial charge in [-0.05, 0) is 49.1 Å². The smallest absolute Gasteiger partial charge is 0.319 e. The summed E-state index contributed by atoms with van der Waals surface area (Å²) in [6.07, 6.45) is 2.90. The molecule has 1 aromatic rings. The second-order valence-electron chi connectivity index (χ2n) is 4.87. The number of ketones is 1. The van der Waals surface area contributed by atoms with Crippen molar-refractivity contribution >= 4 is 29.4 Å². The second-order valence-corrected chi connectivity index (χ2v) is 5.31. The third kappa shape index (κ3) is 2.56. The average molecular weight is 279 g/mol. The fourth-order valence-corrected chi connectivity index (χ4v) is 2.41. The van der Waals surface area contributed by atoms with Gasteiger partial charge >= 0.3 is 5.97 Å². The van der Waals surface area contributed by atoms with Crippen molar-refractivity contribution in [2.45, 2.75) is 19.8 Å². The summed E-state index contributed by atoms with van der Waals surface area (Å²) in [6, 6.07) is 7.23. The van der Waals surface area contributed by atoms with E-state index in [9.17, 15) is 9.59 Å². The van der Waals surface area contributed by atoms with E-state index in [0.717, 1.165) is 5.56 Å². The Morgan fingerprint density at radius 3 is 2.58 bits per heavy atom. The lowest BCUT2D eigenvalue weighted by molar-refractivity contribution is -0.154. The molecule has 0 aromatic heterocycles. The Labute approximate surface area is 117 Å². The number of rotatable bonds is 2. The molecule has 0 spiro atoms. The standard InChI is InChI=1S/C15H15ClO3/c1-15(14(18)19-2)8-7-11(13(15)17)9-10-3-5-12(16)6-4-10/h3-6,9H,7-8H2,1-2H3/b11-9-. The van der Waals surface area contributed by atoms with Gasteiger partial charge in [0.25, 0.3) is 0 Å². The number of halogens is 1. The zero-order valence-electron chi connectivity index (χ0n) is 10.9. The molecule has 4 heteroatoms. The third-order valence-electron chi connectivity index (χ3n) is 3.53. The number of Topliss-reactive ketones (excluding diaryl/α,β-unsaturated/α-hetero) is 1. The summed E-state index contributed by atoms with van der Waals surface area (Å²) in [4.78, 5) is 24.0. The summed E-state index contributed by atoms with van der Waals surface area (Å²) in [6.45, 7) is 1.64. The lowest BCUT2D eigenvalue weighted by atomic mass is 9.87. The Bertz CT molecular complexity index is 545. The van der Waals surface area contributed by atoms with Crippen molar-refractivity contribution in [3.05, 3.63) is 40.4 Å². The van der Waals surface area contributed by atoms with E-state index in [2.05, 4.69) is 0 Å². The Kier molecular flexibility index (Phi) is 3.76. The molecule has 0 aliphatic heterocycles. The van der Waals surface area contributed by atoms with Crippen molar-refractivity contribution < 1.29 is 14.3 Å². The lowest BCUT2D eigenvalue weighted by Crippen LogP contribution is -2.33. The van der Waals surface area contributed by atoms with Gasteiger partial charge in [-0.2, -0.15) is 0 Å². The predicted octanol–water partition coefficient (Wildman–Crippen LogP) is 3.27. The van der Waals surface area contributed by atoms with Crippen LogP contribution < -0.4 is 0 Å². The first kappa shape index (κ1) is 13.8. The highest BCUT2D eigenvalue weighted by molar-refractivity contribution is 6.30. The number of esters is 1. The number of carbonyl (C=O) groups excluding carboxylic acids is 2. The highest BCUT2D eigenvalue weighted by atomic mass is 35.5. The molecule has 2 rings (SSSR count). The quantitative estimate of drug-likeness (QED) is 0.474. The van der Waals surface area contributed by atoms with Gasteiger partial charge in [-0.15, -0.1) is 0 Å². The molecule has 0 saturated heterocycles. The number of hydrogen-bond donors (Lipinski definition) is 0. The SMILES string of the molecule is COC(=O)C1(C)CC/C(=C/c2ccc(Cl)cc2)C1=O. The minimum absolute atomic E-state index is 0.144. The maximum atomic E-state index is 12.3. The molecule has 1 aromatic carbocycles. The van der Waals surface area contributed by atoms with Gasteiger partial charge in [-0.3, -0.25) is 9.59 Å². The summed E-state index contributed by atoms with van der Waals surface area (Å²) in [5.41, 5.74) is 0.532. The van der Waals surface area contributed by atoms with Gasteiger partial charge < -0.3 is 4.74 Å². The van der Waals surface area contributed by atoms with Crippen LogP contribution in [0.3, 0.4) is 0 Å². The van der Waals surface area contributed by atoms with Crippen LogP contribution in [-0.4, -0.2) is 18.9 Å². The zero-order valence-corrected chi connectivity index (χ0v) is 11.7. The molecule has 1 saturated carbocycles. The van der Waals surface area contributed by atoms with Crippen molar-refractivity contribution in [1.82, 2.24) is 0 Å². The molecule has 1 aliphatic rings. The van der Waals surface area contributed by atoms with Gasteiger partial charge in [-0.1, -0.05) is 23.7 Å². The Balaban J connectivity index is 2.27. The normalized spacial score (nSPS) is 24.8. The first-order valence-corrected chi connectivity index (χ1v) is 6.44. The fraction of sp³-hybridized carbons (Fsp3) is 0.333. The number of methoxy groups -OCH3 is 1. The number of benzene rings is 1. The van der Waals surface area contributed by atoms with Crippen molar-refractivity contribution in [3.8, 4) is 0 Å². The first-order chi connectivity index (χ1) is 8.97. The molecular weight excluding hydrogens is 264 g/mol. The summed E-state index contributed by atoms with van der Waals surface area (Å²) in [5.74, 6) is -0.605. The monoisotopic (exact) mass is 278 g/mol. The molecule has 1 atom stereocenters. The lowest BCUT2D eigenvalue weighted by Gasteiger charge is -2.17. The van der Waals surface area contributed by atoms with Crippen LogP contribution in [0.4, 0.5) is 0 Å². The van der Waals surface area contributed by atoms with Crippen molar-refractivity contribution in [2.24, 2.45) is 5.41 Å². The van der Waals surface area contributed by atoms with E-state index in [1.54, 1.807) is 19.1 Å². The topological polar surface area (TPSA) is 43.4 Å². The summed E-state index contributed by atoms with van der Waals surface area (Å²) < 4.78 is 4.72. The highest BCUT2D eigenvalue weighted by Gasteiger charge is 2.47. The van der Waals surface area contributed by atoms with Gasteiger partial charge in [0.1, 0.15) is 5.41 Å². The van der Waals surface area contributed by atoms with Crippen LogP contribution in [0.25, 0.3) is 6.08 Å². The van der Waals surface area contributed by atoms with Crippen LogP contribution in [0, 0.1) is 5.41 Å². The van der Waals surface area contributed by atoms with E-state index in [-0.39, 0.29) is 5.78 Å². The number of allylic oxidation sites excluding steroid dienone is 1. The van der Waals surface area contributed by atoms with Crippen LogP contribution in [0.2, 0.25) is 5.02 Å². The fourth-order valence-electron chi connectivity index (χ4n) is 2.28. The van der Waals surface area contributed by atoms with Crippen LogP contribution >= 0.6 is 11.6 Å². The minimum atomic E-state index is -1.03. The highest BCUT2D eigenvalue weighted by Crippen LogP contribution is 2.39. The molecule has 1 fully saturated rings. The largest absolute Gasteiger partial charge is 0.468 e. The second kappa shape index (κ2) is 5.17. The molecule has 1 unspecified atom stereocenters. The van der Waals surface area contributed by atoms with Crippen molar-refractivity contribution in [2.75, 3.05) is 7.11 Å². The number of carbonyl (C=O) groups is 2. The van der Waals surface area contributed by atoms with Gasteiger partial charge in [0.15, 0.2) is 5.78 Å². The Morgan fingerprint density at radius 2 is 2.00 bits per heavy atom. The molecule has 0 amide bonds. The maximum absolute atomic E-state index is 12.3. The van der Waals surface area contributed by atoms with Crippen LogP contribution in [0.1, 0.15) is 25.3 Å². The van der Waals surface area contributed by atoms with E-state index in [4.69, 9.17) is 16.3 Å². The summed E-state index contributed by atoms with van der Waals surface area (Å²) in [7, 11) is 1.31. The molecule has 1 aliphatic carbocycles. The van der Waals surface area contributed by atoms with Gasteiger partial charge in [0.2, 0.25) is 0 Å². The van der Waals surface area contributed by atoms with E-state index >= 15 is 0 Å². The Hall–Kier alpha value is -1.61. The maximum Gasteiger partial charge on any atom is 0.319 e. The predicted molar refractivity (Wildman–Crippen MR) is 73.8 cm³/mol. The van der Waals surface area contributed by atoms with Gasteiger partial charge in [0, 0.05) is 5.02 Å². The first-order valence-electron chi connectivity index (χ1n) is 6.07. The zero-order chi connectivity index (χ0) is 14.0. The molecule has 0 radical (unpaired) electrons. The Morgan fingerprint density at radius 1 is 1.37 bits per heavy atom. The van der Waals surface area contributed by atoms with Crippen LogP contribution in [-0.2, 0) is 14.3 Å². The van der Waals surface area contributed by atoms with Gasteiger partial charge in [0.05, 0.1) is 7.11 Å². The molecule has 3 nitrogen and oxygen atoms in total. The number of hydrogen-bond acceptors (Lipinski definition) is 3. The molecule has 0 bridgehead atoms. The van der Waals surface area contributed by atoms with E-state index in [1.807, 2.05) is 18.2 Å². The van der Waals surface area contributed by atoms with Gasteiger partial charge in [-0.25, -0.2) is 0 Å². The molecule has 0 heterocycles. The molecule has 19 heavy (non-hydrogen) atoms. The van der Waals surface area contributed by atoms with E-state index in [1.165, 1.54) is 7.11 Å². The van der Waals surface area contributed by atoms with E-state index in [0.29, 0.717) is 23.4 Å². The minimum Gasteiger partial charge on any atom is -0.468 e. The van der Waals surface area contributed by atoms with Crippen molar-refractivity contribution in [1.29, 1.82) is 0 Å². The molecule has 0 N–H and O–H groups in total. The summed E-state index contributed by atoms with van der Waals surface area (Å²) in [5, 5.41) is 0.652.